The Morgan fingerprint density at radius 3 is 2.90 bits per heavy atom. The van der Waals surface area contributed by atoms with E-state index in [0.29, 0.717) is 5.56 Å². The van der Waals surface area contributed by atoms with E-state index in [4.69, 9.17) is 0 Å². The second-order valence-corrected chi connectivity index (χ2v) is 7.24. The van der Waals surface area contributed by atoms with Gasteiger partial charge in [-0.2, -0.15) is 0 Å². The third-order valence-corrected chi connectivity index (χ3v) is 5.28. The van der Waals surface area contributed by atoms with Crippen molar-refractivity contribution in [2.45, 2.75) is 0 Å². The first-order valence-electron chi connectivity index (χ1n) is 8.74. The van der Waals surface area contributed by atoms with E-state index in [1.54, 1.807) is 36.7 Å². The third-order valence-electron chi connectivity index (χ3n) is 4.37. The molecule has 0 aliphatic carbocycles. The predicted octanol–water partition coefficient (Wildman–Crippen LogP) is 3.17. The van der Waals surface area contributed by atoms with Crippen molar-refractivity contribution in [2.24, 2.45) is 0 Å². The number of nitrogens with one attached hydrogen (secondary N) is 2. The summed E-state index contributed by atoms with van der Waals surface area (Å²) in [4.78, 5) is 45.1. The lowest BCUT2D eigenvalue weighted by Gasteiger charge is -2.13. The van der Waals surface area contributed by atoms with Crippen LogP contribution in [0.4, 0.5) is 9.18 Å². The van der Waals surface area contributed by atoms with Crippen molar-refractivity contribution < 1.29 is 18.8 Å². The zero-order valence-electron chi connectivity index (χ0n) is 15.0. The lowest BCUT2D eigenvalue weighted by atomic mass is 10.2. The number of fused-ring (bicyclic) bond motifs is 1. The number of nitrogens with zero attached hydrogens (tertiary/aromatic N) is 2. The van der Waals surface area contributed by atoms with Crippen molar-refractivity contribution in [3.63, 3.8) is 0 Å². The highest BCUT2D eigenvalue weighted by Crippen LogP contribution is 2.32. The number of imide groups is 1. The van der Waals surface area contributed by atoms with Crippen LogP contribution < -0.4 is 5.32 Å². The highest BCUT2D eigenvalue weighted by Gasteiger charge is 2.34. The van der Waals surface area contributed by atoms with Crippen LogP contribution in [0.1, 0.15) is 15.9 Å². The quantitative estimate of drug-likeness (QED) is 0.630. The van der Waals surface area contributed by atoms with Crippen molar-refractivity contribution >= 4 is 45.9 Å². The van der Waals surface area contributed by atoms with E-state index in [2.05, 4.69) is 15.3 Å². The van der Waals surface area contributed by atoms with E-state index in [1.807, 2.05) is 0 Å². The fourth-order valence-corrected chi connectivity index (χ4v) is 3.74. The SMILES string of the molecule is O=C(NCCN1C(=O)SC(=Cc2ccccc2F)C1=O)c1ccc2nc[nH]c2c1. The van der Waals surface area contributed by atoms with Crippen LogP contribution in [0.3, 0.4) is 0 Å². The summed E-state index contributed by atoms with van der Waals surface area (Å²) in [6.07, 6.45) is 2.90. The van der Waals surface area contributed by atoms with Crippen LogP contribution in [0.15, 0.2) is 53.7 Å². The Morgan fingerprint density at radius 2 is 2.07 bits per heavy atom. The second kappa shape index (κ2) is 7.88. The average Bonchev–Trinajstić information content (AvgIpc) is 3.28. The van der Waals surface area contributed by atoms with Gasteiger partial charge in [-0.25, -0.2) is 9.37 Å². The largest absolute Gasteiger partial charge is 0.350 e. The molecule has 2 aromatic carbocycles. The molecular formula is C20H15FN4O3S. The number of hydrogen-bond acceptors (Lipinski definition) is 5. The molecule has 0 saturated carbocycles. The molecule has 1 fully saturated rings. The van der Waals surface area contributed by atoms with E-state index in [0.717, 1.165) is 27.7 Å². The van der Waals surface area contributed by atoms with E-state index in [1.165, 1.54) is 18.2 Å². The van der Waals surface area contributed by atoms with E-state index in [-0.39, 0.29) is 29.5 Å². The number of imidazole rings is 1. The molecule has 3 aromatic rings. The molecule has 1 saturated heterocycles. The molecule has 0 spiro atoms. The van der Waals surface area contributed by atoms with Crippen LogP contribution in [0, 0.1) is 5.82 Å². The summed E-state index contributed by atoms with van der Waals surface area (Å²) in [6.45, 7) is 0.127. The van der Waals surface area contributed by atoms with Crippen LogP contribution in [0.5, 0.6) is 0 Å². The number of aromatic amines is 1. The van der Waals surface area contributed by atoms with Gasteiger partial charge in [-0.15, -0.1) is 0 Å². The molecule has 0 bridgehead atoms. The van der Waals surface area contributed by atoms with Crippen molar-refractivity contribution in [1.29, 1.82) is 0 Å². The summed E-state index contributed by atoms with van der Waals surface area (Å²) in [5.74, 6) is -1.30. The molecule has 0 atom stereocenters. The summed E-state index contributed by atoms with van der Waals surface area (Å²) in [7, 11) is 0. The fourth-order valence-electron chi connectivity index (χ4n) is 2.89. The van der Waals surface area contributed by atoms with Crippen LogP contribution in [-0.2, 0) is 4.79 Å². The number of aromatic nitrogens is 2. The summed E-state index contributed by atoms with van der Waals surface area (Å²) in [5.41, 5.74) is 2.17. The molecular weight excluding hydrogens is 395 g/mol. The Labute approximate surface area is 169 Å². The van der Waals surface area contributed by atoms with Gasteiger partial charge in [0.15, 0.2) is 0 Å². The van der Waals surface area contributed by atoms with Gasteiger partial charge in [-0.3, -0.25) is 19.3 Å². The minimum absolute atomic E-state index is 0.0251. The van der Waals surface area contributed by atoms with Gasteiger partial charge in [0, 0.05) is 24.2 Å². The minimum Gasteiger partial charge on any atom is -0.350 e. The Balaban J connectivity index is 1.38. The van der Waals surface area contributed by atoms with Crippen molar-refractivity contribution in [3.8, 4) is 0 Å². The first kappa shape index (κ1) is 18.9. The molecule has 9 heteroatoms. The Kier molecular flexibility index (Phi) is 5.13. The van der Waals surface area contributed by atoms with Crippen LogP contribution in [0.25, 0.3) is 17.1 Å². The monoisotopic (exact) mass is 410 g/mol. The van der Waals surface area contributed by atoms with Gasteiger partial charge in [-0.05, 0) is 42.1 Å². The van der Waals surface area contributed by atoms with Crippen LogP contribution in [0.2, 0.25) is 0 Å². The number of carbonyl (C=O) groups is 3. The molecule has 29 heavy (non-hydrogen) atoms. The highest BCUT2D eigenvalue weighted by molar-refractivity contribution is 8.18. The Bertz CT molecular complexity index is 1160. The van der Waals surface area contributed by atoms with E-state index in [9.17, 15) is 18.8 Å². The highest BCUT2D eigenvalue weighted by atomic mass is 32.2. The third kappa shape index (κ3) is 3.90. The van der Waals surface area contributed by atoms with Gasteiger partial charge in [0.25, 0.3) is 17.1 Å². The Hall–Kier alpha value is -3.46. The second-order valence-electron chi connectivity index (χ2n) is 6.25. The van der Waals surface area contributed by atoms with E-state index >= 15 is 0 Å². The summed E-state index contributed by atoms with van der Waals surface area (Å²) < 4.78 is 13.8. The van der Waals surface area contributed by atoms with E-state index < -0.39 is 17.0 Å². The summed E-state index contributed by atoms with van der Waals surface area (Å²) >= 11 is 0.751. The normalized spacial score (nSPS) is 15.5. The molecule has 3 amide bonds. The summed E-state index contributed by atoms with van der Waals surface area (Å²) in [6, 6.07) is 11.1. The molecule has 2 heterocycles. The molecule has 1 aromatic heterocycles. The molecule has 7 nitrogen and oxygen atoms in total. The number of amides is 3. The zero-order valence-corrected chi connectivity index (χ0v) is 15.8. The first-order chi connectivity index (χ1) is 14.0. The van der Waals surface area contributed by atoms with Gasteiger partial charge in [0.2, 0.25) is 0 Å². The smallest absolute Gasteiger partial charge is 0.293 e. The van der Waals surface area contributed by atoms with Crippen molar-refractivity contribution in [3.05, 3.63) is 70.6 Å². The molecule has 2 N–H and O–H groups in total. The molecule has 1 aliphatic rings. The number of rotatable bonds is 5. The average molecular weight is 410 g/mol. The van der Waals surface area contributed by atoms with Gasteiger partial charge in [-0.1, -0.05) is 18.2 Å². The Morgan fingerprint density at radius 1 is 1.24 bits per heavy atom. The van der Waals surface area contributed by atoms with Crippen molar-refractivity contribution in [1.82, 2.24) is 20.2 Å². The van der Waals surface area contributed by atoms with Gasteiger partial charge in [0.05, 0.1) is 22.3 Å². The van der Waals surface area contributed by atoms with Gasteiger partial charge in [0.1, 0.15) is 5.82 Å². The lowest BCUT2D eigenvalue weighted by Crippen LogP contribution is -2.37. The predicted molar refractivity (Wildman–Crippen MR) is 108 cm³/mol. The van der Waals surface area contributed by atoms with Crippen LogP contribution in [-0.4, -0.2) is 45.0 Å². The zero-order chi connectivity index (χ0) is 20.4. The molecule has 4 rings (SSSR count). The van der Waals surface area contributed by atoms with Gasteiger partial charge < -0.3 is 10.3 Å². The summed E-state index contributed by atoms with van der Waals surface area (Å²) in [5, 5.41) is 2.24. The first-order valence-corrected chi connectivity index (χ1v) is 9.56. The number of carbonyl (C=O) groups excluding carboxylic acids is 3. The maximum atomic E-state index is 13.8. The maximum Gasteiger partial charge on any atom is 0.293 e. The minimum atomic E-state index is -0.503. The topological polar surface area (TPSA) is 95.2 Å². The lowest BCUT2D eigenvalue weighted by molar-refractivity contribution is -0.122. The fraction of sp³-hybridized carbons (Fsp3) is 0.100. The van der Waals surface area contributed by atoms with Crippen LogP contribution >= 0.6 is 11.8 Å². The number of hydrogen-bond donors (Lipinski definition) is 2. The molecule has 146 valence electrons. The molecule has 0 unspecified atom stereocenters. The van der Waals surface area contributed by atoms with Gasteiger partial charge >= 0.3 is 0 Å². The number of halogens is 1. The number of benzene rings is 2. The number of H-pyrrole nitrogens is 1. The molecule has 1 aliphatic heterocycles. The molecule has 0 radical (unpaired) electrons. The standard InChI is InChI=1S/C20H15FN4O3S/c21-14-4-2-1-3-12(14)10-17-19(27)25(20(28)29-17)8-7-22-18(26)13-5-6-15-16(9-13)24-11-23-15/h1-6,9-11H,7-8H2,(H,22,26)(H,23,24). The maximum absolute atomic E-state index is 13.8. The number of thioether (sulfide) groups is 1. The van der Waals surface area contributed by atoms with Crippen molar-refractivity contribution in [2.75, 3.05) is 13.1 Å².